The highest BCUT2D eigenvalue weighted by atomic mass is 19.1. The van der Waals surface area contributed by atoms with Crippen LogP contribution >= 0.6 is 0 Å². The van der Waals surface area contributed by atoms with Crippen LogP contribution in [0, 0.1) is 5.82 Å². The van der Waals surface area contributed by atoms with E-state index in [-0.39, 0.29) is 23.0 Å². The number of anilines is 2. The first kappa shape index (κ1) is 14.8. The van der Waals surface area contributed by atoms with E-state index in [9.17, 15) is 9.18 Å². The van der Waals surface area contributed by atoms with E-state index < -0.39 is 11.7 Å². The maximum atomic E-state index is 13.7. The number of benzene rings is 1. The van der Waals surface area contributed by atoms with Crippen LogP contribution in [0.4, 0.5) is 15.8 Å². The molecule has 1 aromatic carbocycles. The van der Waals surface area contributed by atoms with Gasteiger partial charge in [0.1, 0.15) is 11.6 Å². The molecule has 1 aromatic heterocycles. The minimum atomic E-state index is -0.581. The summed E-state index contributed by atoms with van der Waals surface area (Å²) in [5, 5.41) is 9.05. The number of hydrogen-bond acceptors (Lipinski definition) is 4. The number of amides is 1. The molecule has 0 unspecified atom stereocenters. The number of carbonyl (C=O) groups is 1. The lowest BCUT2D eigenvalue weighted by molar-refractivity contribution is 0.102. The molecule has 21 heavy (non-hydrogen) atoms. The minimum absolute atomic E-state index is 0.00727. The van der Waals surface area contributed by atoms with E-state index in [0.717, 1.165) is 0 Å². The molecule has 112 valence electrons. The molecular formula is C14H17FN4O2. The van der Waals surface area contributed by atoms with Gasteiger partial charge in [0.25, 0.3) is 5.91 Å². The van der Waals surface area contributed by atoms with Gasteiger partial charge >= 0.3 is 0 Å². The smallest absolute Gasteiger partial charge is 0.278 e. The molecule has 7 heteroatoms. The van der Waals surface area contributed by atoms with Gasteiger partial charge in [-0.3, -0.25) is 9.89 Å². The van der Waals surface area contributed by atoms with Crippen molar-refractivity contribution in [2.24, 2.45) is 0 Å². The van der Waals surface area contributed by atoms with E-state index >= 15 is 0 Å². The molecule has 0 atom stereocenters. The van der Waals surface area contributed by atoms with Gasteiger partial charge in [0.05, 0.1) is 24.2 Å². The summed E-state index contributed by atoms with van der Waals surface area (Å²) in [5.41, 5.74) is 6.87. The van der Waals surface area contributed by atoms with E-state index in [1.807, 2.05) is 13.8 Å². The summed E-state index contributed by atoms with van der Waals surface area (Å²) < 4.78 is 18.7. The highest BCUT2D eigenvalue weighted by molar-refractivity contribution is 6.06. The molecule has 4 N–H and O–H groups in total. The quantitative estimate of drug-likeness (QED) is 0.807. The van der Waals surface area contributed by atoms with Crippen LogP contribution in [-0.2, 0) is 0 Å². The van der Waals surface area contributed by atoms with Gasteiger partial charge in [-0.2, -0.15) is 5.10 Å². The topological polar surface area (TPSA) is 93.0 Å². The highest BCUT2D eigenvalue weighted by Gasteiger charge is 2.20. The molecule has 0 aliphatic carbocycles. The number of aromatic nitrogens is 2. The highest BCUT2D eigenvalue weighted by Crippen LogP contribution is 2.25. The summed E-state index contributed by atoms with van der Waals surface area (Å²) in [7, 11) is 1.46. The number of hydrogen-bond donors (Lipinski definition) is 3. The van der Waals surface area contributed by atoms with Crippen LogP contribution in [0.1, 0.15) is 35.9 Å². The van der Waals surface area contributed by atoms with E-state index in [0.29, 0.717) is 11.4 Å². The molecule has 0 fully saturated rings. The van der Waals surface area contributed by atoms with Crippen LogP contribution in [0.5, 0.6) is 5.75 Å². The number of nitrogens with one attached hydrogen (secondary N) is 2. The van der Waals surface area contributed by atoms with Crippen molar-refractivity contribution in [1.82, 2.24) is 10.2 Å². The largest absolute Gasteiger partial charge is 0.497 e. The molecule has 0 bridgehead atoms. The zero-order valence-electron chi connectivity index (χ0n) is 12.0. The van der Waals surface area contributed by atoms with Crippen LogP contribution in [0.2, 0.25) is 0 Å². The van der Waals surface area contributed by atoms with Crippen molar-refractivity contribution in [3.8, 4) is 5.75 Å². The Balaban J connectivity index is 2.26. The lowest BCUT2D eigenvalue weighted by Gasteiger charge is -2.08. The molecule has 0 spiro atoms. The van der Waals surface area contributed by atoms with Gasteiger partial charge in [-0.15, -0.1) is 0 Å². The second-order valence-corrected chi connectivity index (χ2v) is 4.85. The van der Waals surface area contributed by atoms with Gasteiger partial charge in [0.15, 0.2) is 5.69 Å². The van der Waals surface area contributed by atoms with E-state index in [2.05, 4.69) is 15.5 Å². The Bertz CT molecular complexity index is 667. The number of halogens is 1. The summed E-state index contributed by atoms with van der Waals surface area (Å²) in [6, 6.07) is 4.06. The Labute approximate surface area is 121 Å². The molecule has 6 nitrogen and oxygen atoms in total. The monoisotopic (exact) mass is 292 g/mol. The average Bonchev–Trinajstić information content (AvgIpc) is 2.83. The molecular weight excluding hydrogens is 275 g/mol. The first-order valence-corrected chi connectivity index (χ1v) is 6.42. The normalized spacial score (nSPS) is 10.7. The fraction of sp³-hybridized carbons (Fsp3) is 0.286. The Hall–Kier alpha value is -2.57. The predicted molar refractivity (Wildman–Crippen MR) is 78.0 cm³/mol. The van der Waals surface area contributed by atoms with Gasteiger partial charge in [0.2, 0.25) is 0 Å². The minimum Gasteiger partial charge on any atom is -0.497 e. The molecule has 0 saturated carbocycles. The summed E-state index contributed by atoms with van der Waals surface area (Å²) in [6.45, 7) is 3.85. The van der Waals surface area contributed by atoms with Crippen molar-refractivity contribution in [2.75, 3.05) is 18.2 Å². The zero-order valence-corrected chi connectivity index (χ0v) is 12.0. The fourth-order valence-electron chi connectivity index (χ4n) is 1.89. The van der Waals surface area contributed by atoms with Gasteiger partial charge in [0, 0.05) is 6.07 Å². The molecule has 1 amide bonds. The number of rotatable bonds is 4. The average molecular weight is 292 g/mol. The van der Waals surface area contributed by atoms with Crippen molar-refractivity contribution < 1.29 is 13.9 Å². The number of nitrogen functional groups attached to an aromatic ring is 1. The van der Waals surface area contributed by atoms with Crippen molar-refractivity contribution in [1.29, 1.82) is 0 Å². The van der Waals surface area contributed by atoms with Gasteiger partial charge < -0.3 is 15.8 Å². The SMILES string of the molecule is COc1ccc(F)c(NC(=O)c2n[nH]c(C(C)C)c2N)c1. The van der Waals surface area contributed by atoms with E-state index in [1.54, 1.807) is 0 Å². The Morgan fingerprint density at radius 1 is 1.48 bits per heavy atom. The number of methoxy groups -OCH3 is 1. The second-order valence-electron chi connectivity index (χ2n) is 4.85. The predicted octanol–water partition coefficient (Wildman–Crippen LogP) is 2.52. The molecule has 0 aliphatic rings. The Morgan fingerprint density at radius 2 is 2.19 bits per heavy atom. The molecule has 2 rings (SSSR count). The molecule has 2 aromatic rings. The third kappa shape index (κ3) is 2.96. The summed E-state index contributed by atoms with van der Waals surface area (Å²) in [6.07, 6.45) is 0. The van der Waals surface area contributed by atoms with E-state index in [1.165, 1.54) is 25.3 Å². The number of aromatic amines is 1. The number of ether oxygens (including phenoxy) is 1. The number of nitrogens with zero attached hydrogens (tertiary/aromatic N) is 1. The number of H-pyrrole nitrogens is 1. The lowest BCUT2D eigenvalue weighted by atomic mass is 10.1. The summed E-state index contributed by atoms with van der Waals surface area (Å²) in [5.74, 6) is -0.609. The standard InChI is InChI=1S/C14H17FN4O2/c1-7(2)12-11(16)13(19-18-12)14(20)17-10-6-8(21-3)4-5-9(10)15/h4-7H,16H2,1-3H3,(H,17,20)(H,18,19). The molecule has 0 radical (unpaired) electrons. The van der Waals surface area contributed by atoms with Crippen LogP contribution in [-0.4, -0.2) is 23.2 Å². The second kappa shape index (κ2) is 5.82. The third-order valence-corrected chi connectivity index (χ3v) is 3.05. The third-order valence-electron chi connectivity index (χ3n) is 3.05. The summed E-state index contributed by atoms with van der Waals surface area (Å²) >= 11 is 0. The van der Waals surface area contributed by atoms with Crippen LogP contribution < -0.4 is 15.8 Å². The zero-order chi connectivity index (χ0) is 15.6. The van der Waals surface area contributed by atoms with E-state index in [4.69, 9.17) is 10.5 Å². The first-order chi connectivity index (χ1) is 9.93. The van der Waals surface area contributed by atoms with Gasteiger partial charge in [-0.1, -0.05) is 13.8 Å². The number of carbonyl (C=O) groups excluding carboxylic acids is 1. The lowest BCUT2D eigenvalue weighted by Crippen LogP contribution is -2.15. The maximum Gasteiger partial charge on any atom is 0.278 e. The maximum absolute atomic E-state index is 13.7. The Kier molecular flexibility index (Phi) is 4.11. The van der Waals surface area contributed by atoms with Gasteiger partial charge in [-0.05, 0) is 18.1 Å². The van der Waals surface area contributed by atoms with Gasteiger partial charge in [-0.25, -0.2) is 4.39 Å². The Morgan fingerprint density at radius 3 is 2.76 bits per heavy atom. The van der Waals surface area contributed by atoms with Crippen molar-refractivity contribution in [3.63, 3.8) is 0 Å². The van der Waals surface area contributed by atoms with Crippen LogP contribution in [0.15, 0.2) is 18.2 Å². The van der Waals surface area contributed by atoms with Crippen LogP contribution in [0.3, 0.4) is 0 Å². The molecule has 0 saturated heterocycles. The van der Waals surface area contributed by atoms with Crippen molar-refractivity contribution in [2.45, 2.75) is 19.8 Å². The number of nitrogens with two attached hydrogens (primary N) is 1. The van der Waals surface area contributed by atoms with Crippen molar-refractivity contribution >= 4 is 17.3 Å². The summed E-state index contributed by atoms with van der Waals surface area (Å²) in [4.78, 5) is 12.1. The molecule has 1 heterocycles. The fourth-order valence-corrected chi connectivity index (χ4v) is 1.89. The van der Waals surface area contributed by atoms with Crippen LogP contribution in [0.25, 0.3) is 0 Å². The first-order valence-electron chi connectivity index (χ1n) is 6.42. The van der Waals surface area contributed by atoms with Crippen molar-refractivity contribution in [3.05, 3.63) is 35.4 Å². The molecule has 0 aliphatic heterocycles.